The topological polar surface area (TPSA) is 77.6 Å². The number of pyridine rings is 2. The van der Waals surface area contributed by atoms with Crippen molar-refractivity contribution < 1.29 is 4.42 Å². The summed E-state index contributed by atoms with van der Waals surface area (Å²) in [7, 11) is 0. The van der Waals surface area contributed by atoms with Gasteiger partial charge in [0, 0.05) is 44.6 Å². The van der Waals surface area contributed by atoms with Crippen molar-refractivity contribution in [2.45, 2.75) is 0 Å². The van der Waals surface area contributed by atoms with E-state index >= 15 is 0 Å². The van der Waals surface area contributed by atoms with Gasteiger partial charge in [-0.15, -0.1) is 0 Å². The fourth-order valence-electron chi connectivity index (χ4n) is 7.71. The minimum atomic E-state index is 0.630. The second-order valence-corrected chi connectivity index (χ2v) is 14.5. The van der Waals surface area contributed by atoms with Crippen molar-refractivity contribution in [3.63, 3.8) is 0 Å². The zero-order valence-electron chi connectivity index (χ0n) is 31.7. The van der Waals surface area contributed by atoms with Crippen LogP contribution in [-0.4, -0.2) is 24.9 Å². The lowest BCUT2D eigenvalue weighted by atomic mass is 9.98. The molecule has 0 fully saturated rings. The first-order valence-corrected chi connectivity index (χ1v) is 19.6. The molecule has 7 aromatic carbocycles. The third kappa shape index (κ3) is 6.49. The summed E-state index contributed by atoms with van der Waals surface area (Å²) < 4.78 is 6.24. The Hall–Kier alpha value is -8.09. The van der Waals surface area contributed by atoms with Gasteiger partial charge in [-0.25, -0.2) is 15.0 Å². The molecule has 11 rings (SSSR count). The van der Waals surface area contributed by atoms with Crippen LogP contribution in [0.15, 0.2) is 205 Å². The molecule has 0 amide bonds. The van der Waals surface area contributed by atoms with Crippen LogP contribution in [-0.2, 0) is 0 Å². The van der Waals surface area contributed by atoms with Crippen LogP contribution in [0.4, 0.5) is 0 Å². The number of rotatable bonds is 7. The standard InChI is InChI=1S/C53H33N5O/c1-3-9-34(10-4-1)35-21-27-42(28-22-35)52-56-51(41-11-5-2-6-12-41)57-53(58-52)43-29-23-39(24-30-43)37-17-15-36(16-18-37)38-19-25-40(26-20-38)48-31-45-46-32-54-47-14-8-7-13-44(47)50(46)59-49(45)33-55-48/h1-33H. The van der Waals surface area contributed by atoms with E-state index in [2.05, 4.69) is 132 Å². The van der Waals surface area contributed by atoms with Gasteiger partial charge < -0.3 is 4.42 Å². The van der Waals surface area contributed by atoms with Crippen LogP contribution in [0, 0.1) is 0 Å². The molecule has 0 atom stereocenters. The lowest BCUT2D eigenvalue weighted by Gasteiger charge is -2.10. The van der Waals surface area contributed by atoms with Crippen LogP contribution in [0.2, 0.25) is 0 Å². The van der Waals surface area contributed by atoms with Crippen LogP contribution < -0.4 is 0 Å². The Labute approximate surface area is 340 Å². The van der Waals surface area contributed by atoms with Gasteiger partial charge in [0.25, 0.3) is 0 Å². The second-order valence-electron chi connectivity index (χ2n) is 14.5. The van der Waals surface area contributed by atoms with Gasteiger partial charge in [0.2, 0.25) is 0 Å². The molecule has 6 nitrogen and oxygen atoms in total. The summed E-state index contributed by atoms with van der Waals surface area (Å²) in [6.07, 6.45) is 3.71. The van der Waals surface area contributed by atoms with E-state index < -0.39 is 0 Å². The Morgan fingerprint density at radius 1 is 0.305 bits per heavy atom. The molecular weight excluding hydrogens is 723 g/mol. The fraction of sp³-hybridized carbons (Fsp3) is 0. The van der Waals surface area contributed by atoms with Crippen molar-refractivity contribution >= 4 is 32.8 Å². The van der Waals surface area contributed by atoms with Crippen molar-refractivity contribution in [2.75, 3.05) is 0 Å². The smallest absolute Gasteiger partial charge is 0.164 e. The molecule has 4 aromatic heterocycles. The van der Waals surface area contributed by atoms with Crippen LogP contribution in [0.5, 0.6) is 0 Å². The number of hydrogen-bond acceptors (Lipinski definition) is 6. The summed E-state index contributed by atoms with van der Waals surface area (Å²) in [6.45, 7) is 0. The van der Waals surface area contributed by atoms with E-state index in [1.165, 1.54) is 5.56 Å². The third-order valence-corrected chi connectivity index (χ3v) is 10.9. The predicted octanol–water partition coefficient (Wildman–Crippen LogP) is 13.4. The van der Waals surface area contributed by atoms with Crippen molar-refractivity contribution in [1.29, 1.82) is 0 Å². The molecule has 0 aliphatic heterocycles. The number of benzene rings is 7. The number of para-hydroxylation sites is 1. The largest absolute Gasteiger partial charge is 0.454 e. The van der Waals surface area contributed by atoms with E-state index in [-0.39, 0.29) is 0 Å². The monoisotopic (exact) mass is 755 g/mol. The lowest BCUT2D eigenvalue weighted by molar-refractivity contribution is 0.670. The maximum Gasteiger partial charge on any atom is 0.164 e. The van der Waals surface area contributed by atoms with Gasteiger partial charge in [0.15, 0.2) is 23.1 Å². The van der Waals surface area contributed by atoms with Crippen molar-refractivity contribution in [3.05, 3.63) is 200 Å². The SMILES string of the molecule is c1ccc(-c2ccc(-c3nc(-c4ccccc4)nc(-c4ccc(-c5ccc(-c6ccc(-c7cc8c(cn7)oc7c9ccccc9ncc87)cc6)cc5)cc4)n3)cc2)cc1. The van der Waals surface area contributed by atoms with Crippen LogP contribution >= 0.6 is 0 Å². The zero-order chi connectivity index (χ0) is 39.1. The number of aromatic nitrogens is 5. The summed E-state index contributed by atoms with van der Waals surface area (Å²) in [6, 6.07) is 64.6. The molecule has 0 aliphatic carbocycles. The average molecular weight is 756 g/mol. The highest BCUT2D eigenvalue weighted by molar-refractivity contribution is 6.14. The van der Waals surface area contributed by atoms with E-state index in [1.807, 2.05) is 73.1 Å². The first kappa shape index (κ1) is 34.2. The summed E-state index contributed by atoms with van der Waals surface area (Å²) >= 11 is 0. The second kappa shape index (κ2) is 14.4. The van der Waals surface area contributed by atoms with Gasteiger partial charge in [0.1, 0.15) is 5.58 Å². The maximum absolute atomic E-state index is 6.24. The minimum Gasteiger partial charge on any atom is -0.454 e. The van der Waals surface area contributed by atoms with Gasteiger partial charge >= 0.3 is 0 Å². The first-order valence-electron chi connectivity index (χ1n) is 19.6. The predicted molar refractivity (Wildman–Crippen MR) is 238 cm³/mol. The molecule has 59 heavy (non-hydrogen) atoms. The van der Waals surface area contributed by atoms with E-state index in [0.717, 1.165) is 88.6 Å². The average Bonchev–Trinajstić information content (AvgIpc) is 3.71. The van der Waals surface area contributed by atoms with Gasteiger partial charge in [0.05, 0.1) is 17.4 Å². The molecule has 0 aliphatic rings. The van der Waals surface area contributed by atoms with Crippen molar-refractivity contribution in [1.82, 2.24) is 24.9 Å². The fourth-order valence-corrected chi connectivity index (χ4v) is 7.71. The summed E-state index contributed by atoms with van der Waals surface area (Å²) in [5.74, 6) is 1.90. The normalized spacial score (nSPS) is 11.4. The molecule has 0 bridgehead atoms. The Balaban J connectivity index is 0.841. The maximum atomic E-state index is 6.24. The van der Waals surface area contributed by atoms with E-state index in [0.29, 0.717) is 17.5 Å². The van der Waals surface area contributed by atoms with Crippen molar-refractivity contribution in [2.24, 2.45) is 0 Å². The highest BCUT2D eigenvalue weighted by atomic mass is 16.3. The van der Waals surface area contributed by atoms with Crippen molar-refractivity contribution in [3.8, 4) is 78.8 Å². The van der Waals surface area contributed by atoms with E-state index in [1.54, 1.807) is 0 Å². The highest BCUT2D eigenvalue weighted by Crippen LogP contribution is 2.35. The van der Waals surface area contributed by atoms with Crippen LogP contribution in [0.1, 0.15) is 0 Å². The Kier molecular flexibility index (Phi) is 8.37. The number of hydrogen-bond donors (Lipinski definition) is 0. The van der Waals surface area contributed by atoms with Gasteiger partial charge in [-0.2, -0.15) is 0 Å². The first-order chi connectivity index (χ1) is 29.2. The Morgan fingerprint density at radius 3 is 1.24 bits per heavy atom. The zero-order valence-corrected chi connectivity index (χ0v) is 31.7. The third-order valence-electron chi connectivity index (χ3n) is 10.9. The van der Waals surface area contributed by atoms with E-state index in [4.69, 9.17) is 24.4 Å². The summed E-state index contributed by atoms with van der Waals surface area (Å²) in [5.41, 5.74) is 14.1. The molecule has 0 radical (unpaired) electrons. The molecule has 4 heterocycles. The van der Waals surface area contributed by atoms with Gasteiger partial charge in [-0.3, -0.25) is 9.97 Å². The molecule has 6 heteroatoms. The number of nitrogens with zero attached hydrogens (tertiary/aromatic N) is 5. The molecule has 0 saturated carbocycles. The molecule has 276 valence electrons. The van der Waals surface area contributed by atoms with Gasteiger partial charge in [-0.05, 0) is 51.6 Å². The Morgan fingerprint density at radius 2 is 0.712 bits per heavy atom. The van der Waals surface area contributed by atoms with E-state index in [9.17, 15) is 0 Å². The number of furan rings is 1. The summed E-state index contributed by atoms with van der Waals surface area (Å²) in [4.78, 5) is 24.2. The molecule has 0 unspecified atom stereocenters. The quantitative estimate of drug-likeness (QED) is 0.161. The molecular formula is C53H33N5O. The lowest BCUT2D eigenvalue weighted by Crippen LogP contribution is -2.00. The van der Waals surface area contributed by atoms with Crippen LogP contribution in [0.3, 0.4) is 0 Å². The van der Waals surface area contributed by atoms with Crippen LogP contribution in [0.25, 0.3) is 112 Å². The molecule has 0 N–H and O–H groups in total. The summed E-state index contributed by atoms with van der Waals surface area (Å²) in [5, 5.41) is 3.01. The van der Waals surface area contributed by atoms with Gasteiger partial charge in [-0.1, -0.05) is 170 Å². The Bertz CT molecular complexity index is 3270. The minimum absolute atomic E-state index is 0.630. The molecule has 0 saturated heterocycles. The number of fused-ring (bicyclic) bond motifs is 5. The highest BCUT2D eigenvalue weighted by Gasteiger charge is 2.15. The molecule has 0 spiro atoms. The molecule has 11 aromatic rings.